The van der Waals surface area contributed by atoms with Crippen molar-refractivity contribution in [3.05, 3.63) is 12.2 Å². The lowest BCUT2D eigenvalue weighted by Gasteiger charge is -2.07. The van der Waals surface area contributed by atoms with Gasteiger partial charge in [-0.15, -0.1) is 0 Å². The zero-order valence-corrected chi connectivity index (χ0v) is 9.86. The molecule has 5 nitrogen and oxygen atoms in total. The number of nitrogens with one attached hydrogen (secondary N) is 2. The molecule has 1 atom stereocenters. The Morgan fingerprint density at radius 3 is 2.81 bits per heavy atom. The normalized spacial score (nSPS) is 18.9. The second-order valence-electron chi connectivity index (χ2n) is 3.57. The van der Waals surface area contributed by atoms with Crippen molar-refractivity contribution >= 4 is 29.2 Å². The Morgan fingerprint density at radius 2 is 2.31 bits per heavy atom. The van der Waals surface area contributed by atoms with Crippen LogP contribution in [0.2, 0.25) is 0 Å². The van der Waals surface area contributed by atoms with E-state index in [1.807, 2.05) is 0 Å². The van der Waals surface area contributed by atoms with E-state index in [1.54, 1.807) is 6.92 Å². The average molecular weight is 242 g/mol. The van der Waals surface area contributed by atoms with Gasteiger partial charge in [0.05, 0.1) is 6.61 Å². The molecular weight excluding hydrogens is 228 g/mol. The summed E-state index contributed by atoms with van der Waals surface area (Å²) in [6.07, 6.45) is 1.18. The average Bonchev–Trinajstić information content (AvgIpc) is 2.51. The van der Waals surface area contributed by atoms with Crippen molar-refractivity contribution in [2.45, 2.75) is 25.8 Å². The third-order valence-corrected chi connectivity index (χ3v) is 2.30. The molecule has 0 spiro atoms. The van der Waals surface area contributed by atoms with Crippen LogP contribution in [-0.2, 0) is 14.3 Å². The molecule has 0 aromatic rings. The Kier molecular flexibility index (Phi) is 4.42. The van der Waals surface area contributed by atoms with E-state index in [2.05, 4.69) is 17.2 Å². The smallest absolute Gasteiger partial charge is 0.333 e. The molecule has 1 fully saturated rings. The number of thiocarbonyl (C=S) groups is 1. The van der Waals surface area contributed by atoms with Crippen LogP contribution in [0.3, 0.4) is 0 Å². The second kappa shape index (κ2) is 5.60. The lowest BCUT2D eigenvalue weighted by molar-refractivity contribution is -0.139. The van der Waals surface area contributed by atoms with Crippen LogP contribution in [0.5, 0.6) is 0 Å². The summed E-state index contributed by atoms with van der Waals surface area (Å²) in [6.45, 7) is 5.34. The SMILES string of the molecule is C=C(C)C(=O)OCCCC1NC(=S)NC1=O. The highest BCUT2D eigenvalue weighted by Crippen LogP contribution is 2.03. The van der Waals surface area contributed by atoms with E-state index >= 15 is 0 Å². The minimum Gasteiger partial charge on any atom is -0.462 e. The first-order chi connectivity index (χ1) is 7.50. The first-order valence-corrected chi connectivity index (χ1v) is 5.35. The first kappa shape index (κ1) is 12.6. The predicted octanol–water partition coefficient (Wildman–Crippen LogP) is 0.259. The molecule has 1 aliphatic heterocycles. The summed E-state index contributed by atoms with van der Waals surface area (Å²) in [4.78, 5) is 22.3. The van der Waals surface area contributed by atoms with Gasteiger partial charge in [-0.25, -0.2) is 4.79 Å². The molecule has 0 saturated carbocycles. The highest BCUT2D eigenvalue weighted by molar-refractivity contribution is 7.80. The molecule has 6 heteroatoms. The van der Waals surface area contributed by atoms with E-state index in [0.717, 1.165) is 0 Å². The van der Waals surface area contributed by atoms with Crippen LogP contribution in [0.25, 0.3) is 0 Å². The van der Waals surface area contributed by atoms with Crippen molar-refractivity contribution in [2.75, 3.05) is 6.61 Å². The summed E-state index contributed by atoms with van der Waals surface area (Å²) in [5, 5.41) is 5.68. The van der Waals surface area contributed by atoms with Crippen molar-refractivity contribution in [3.8, 4) is 0 Å². The number of carbonyl (C=O) groups is 2. The van der Waals surface area contributed by atoms with Gasteiger partial charge in [0.25, 0.3) is 0 Å². The molecule has 0 bridgehead atoms. The van der Waals surface area contributed by atoms with Crippen molar-refractivity contribution in [3.63, 3.8) is 0 Å². The molecule has 1 aliphatic rings. The van der Waals surface area contributed by atoms with Crippen molar-refractivity contribution in [2.24, 2.45) is 0 Å². The van der Waals surface area contributed by atoms with Crippen molar-refractivity contribution in [1.29, 1.82) is 0 Å². The number of rotatable bonds is 5. The Labute approximate surface area is 99.2 Å². The fourth-order valence-corrected chi connectivity index (χ4v) is 1.48. The van der Waals surface area contributed by atoms with Gasteiger partial charge in [0, 0.05) is 5.57 Å². The molecule has 16 heavy (non-hydrogen) atoms. The van der Waals surface area contributed by atoms with E-state index in [0.29, 0.717) is 23.5 Å². The van der Waals surface area contributed by atoms with Crippen LogP contribution in [-0.4, -0.2) is 29.6 Å². The quantitative estimate of drug-likeness (QED) is 0.313. The zero-order chi connectivity index (χ0) is 12.1. The van der Waals surface area contributed by atoms with Crippen molar-refractivity contribution in [1.82, 2.24) is 10.6 Å². The van der Waals surface area contributed by atoms with E-state index in [-0.39, 0.29) is 18.6 Å². The molecule has 0 aliphatic carbocycles. The molecule has 1 amide bonds. The summed E-state index contributed by atoms with van der Waals surface area (Å²) >= 11 is 4.79. The molecule has 0 aromatic carbocycles. The summed E-state index contributed by atoms with van der Waals surface area (Å²) in [6, 6.07) is -0.309. The maximum absolute atomic E-state index is 11.2. The van der Waals surface area contributed by atoms with Crippen LogP contribution < -0.4 is 10.6 Å². The van der Waals surface area contributed by atoms with Gasteiger partial charge < -0.3 is 15.4 Å². The van der Waals surface area contributed by atoms with E-state index in [1.165, 1.54) is 0 Å². The number of carbonyl (C=O) groups excluding carboxylic acids is 2. The molecule has 1 heterocycles. The number of ether oxygens (including phenoxy) is 1. The summed E-state index contributed by atoms with van der Waals surface area (Å²) < 4.78 is 4.89. The summed E-state index contributed by atoms with van der Waals surface area (Å²) in [5.41, 5.74) is 0.373. The third kappa shape index (κ3) is 3.62. The Morgan fingerprint density at radius 1 is 1.62 bits per heavy atom. The Hall–Kier alpha value is -1.43. The molecule has 2 N–H and O–H groups in total. The molecule has 88 valence electrons. The van der Waals surface area contributed by atoms with Gasteiger partial charge in [0.2, 0.25) is 5.91 Å². The van der Waals surface area contributed by atoms with Crippen LogP contribution in [0.4, 0.5) is 0 Å². The van der Waals surface area contributed by atoms with Gasteiger partial charge in [0.1, 0.15) is 6.04 Å². The molecule has 0 aromatic heterocycles. The Balaban J connectivity index is 2.17. The maximum Gasteiger partial charge on any atom is 0.333 e. The molecule has 1 rings (SSSR count). The minimum atomic E-state index is -0.403. The molecule has 1 unspecified atom stereocenters. The fraction of sp³-hybridized carbons (Fsp3) is 0.500. The van der Waals surface area contributed by atoms with E-state index < -0.39 is 5.97 Å². The monoisotopic (exact) mass is 242 g/mol. The summed E-state index contributed by atoms with van der Waals surface area (Å²) in [7, 11) is 0. The number of hydrogen-bond acceptors (Lipinski definition) is 4. The Bertz CT molecular complexity index is 341. The van der Waals surface area contributed by atoms with Gasteiger partial charge in [-0.1, -0.05) is 6.58 Å². The number of esters is 1. The largest absolute Gasteiger partial charge is 0.462 e. The van der Waals surface area contributed by atoms with Crippen LogP contribution in [0, 0.1) is 0 Å². The lowest BCUT2D eigenvalue weighted by atomic mass is 10.1. The van der Waals surface area contributed by atoms with Gasteiger partial charge in [-0.2, -0.15) is 0 Å². The zero-order valence-electron chi connectivity index (χ0n) is 9.04. The van der Waals surface area contributed by atoms with Gasteiger partial charge in [0.15, 0.2) is 5.11 Å². The number of amides is 1. The fourth-order valence-electron chi connectivity index (χ4n) is 1.24. The second-order valence-corrected chi connectivity index (χ2v) is 3.98. The van der Waals surface area contributed by atoms with E-state index in [9.17, 15) is 9.59 Å². The highest BCUT2D eigenvalue weighted by atomic mass is 32.1. The maximum atomic E-state index is 11.2. The first-order valence-electron chi connectivity index (χ1n) is 4.94. The van der Waals surface area contributed by atoms with Crippen LogP contribution in [0.1, 0.15) is 19.8 Å². The predicted molar refractivity (Wildman–Crippen MR) is 62.7 cm³/mol. The van der Waals surface area contributed by atoms with E-state index in [4.69, 9.17) is 17.0 Å². The standard InChI is InChI=1S/C10H14N2O3S/c1-6(2)9(14)15-5-3-4-7-8(13)12-10(16)11-7/h7H,1,3-5H2,2H3,(H2,11,12,13,16). The molecule has 1 saturated heterocycles. The van der Waals surface area contributed by atoms with Gasteiger partial charge in [-0.3, -0.25) is 4.79 Å². The number of hydrogen-bond donors (Lipinski definition) is 2. The van der Waals surface area contributed by atoms with Gasteiger partial charge in [-0.05, 0) is 32.0 Å². The van der Waals surface area contributed by atoms with Crippen molar-refractivity contribution < 1.29 is 14.3 Å². The van der Waals surface area contributed by atoms with Gasteiger partial charge >= 0.3 is 5.97 Å². The topological polar surface area (TPSA) is 67.4 Å². The summed E-state index contributed by atoms with van der Waals surface area (Å²) in [5.74, 6) is -0.532. The third-order valence-electron chi connectivity index (χ3n) is 2.08. The van der Waals surface area contributed by atoms with Crippen LogP contribution >= 0.6 is 12.2 Å². The molecule has 0 radical (unpaired) electrons. The van der Waals surface area contributed by atoms with Crippen LogP contribution in [0.15, 0.2) is 12.2 Å². The lowest BCUT2D eigenvalue weighted by Crippen LogP contribution is -2.29. The minimum absolute atomic E-state index is 0.128. The highest BCUT2D eigenvalue weighted by Gasteiger charge is 2.26. The molecular formula is C10H14N2O3S.